The summed E-state index contributed by atoms with van der Waals surface area (Å²) >= 11 is 0. The van der Waals surface area contributed by atoms with Crippen LogP contribution in [0, 0.1) is 5.82 Å². The van der Waals surface area contributed by atoms with Gasteiger partial charge in [-0.3, -0.25) is 4.79 Å². The highest BCUT2D eigenvalue weighted by Crippen LogP contribution is 2.28. The molecule has 3 aromatic rings. The lowest BCUT2D eigenvalue weighted by molar-refractivity contribution is -0.121. The molecule has 0 aliphatic rings. The highest BCUT2D eigenvalue weighted by atomic mass is 19.1. The van der Waals surface area contributed by atoms with E-state index in [0.717, 1.165) is 11.1 Å². The van der Waals surface area contributed by atoms with E-state index < -0.39 is 0 Å². The Kier molecular flexibility index (Phi) is 6.89. The molecule has 152 valence electrons. The van der Waals surface area contributed by atoms with Crippen LogP contribution in [0.1, 0.15) is 30.5 Å². The van der Waals surface area contributed by atoms with E-state index in [-0.39, 0.29) is 24.2 Å². The van der Waals surface area contributed by atoms with Crippen LogP contribution in [0.4, 0.5) is 4.39 Å². The van der Waals surface area contributed by atoms with Gasteiger partial charge in [0.1, 0.15) is 5.82 Å². The van der Waals surface area contributed by atoms with Crippen molar-refractivity contribution < 1.29 is 18.7 Å². The minimum atomic E-state index is -0.318. The number of hydrogen-bond donors (Lipinski definition) is 1. The maximum atomic E-state index is 13.7. The van der Waals surface area contributed by atoms with Crippen LogP contribution in [0.3, 0.4) is 0 Å². The molecule has 3 rings (SSSR count). The number of rotatable bonds is 9. The fraction of sp³-hybridized carbons (Fsp3) is 0.261. The first-order chi connectivity index (χ1) is 14.1. The van der Waals surface area contributed by atoms with Crippen molar-refractivity contribution in [1.29, 1.82) is 0 Å². The number of carbonyl (C=O) groups is 1. The second-order valence-corrected chi connectivity index (χ2v) is 6.60. The van der Waals surface area contributed by atoms with E-state index in [0.29, 0.717) is 24.7 Å². The summed E-state index contributed by atoms with van der Waals surface area (Å²) in [5.74, 6) is 0.856. The fourth-order valence-electron chi connectivity index (χ4n) is 3.21. The van der Waals surface area contributed by atoms with Crippen LogP contribution in [0.25, 0.3) is 0 Å². The topological polar surface area (TPSA) is 52.5 Å². The third-order valence-electron chi connectivity index (χ3n) is 4.62. The Morgan fingerprint density at radius 2 is 1.90 bits per heavy atom. The number of nitrogens with one attached hydrogen (secondary N) is 1. The van der Waals surface area contributed by atoms with Gasteiger partial charge in [-0.05, 0) is 54.4 Å². The van der Waals surface area contributed by atoms with Gasteiger partial charge in [-0.1, -0.05) is 18.2 Å². The number of ether oxygens (including phenoxy) is 2. The predicted octanol–water partition coefficient (Wildman–Crippen LogP) is 4.33. The summed E-state index contributed by atoms with van der Waals surface area (Å²) in [7, 11) is 1.58. The minimum absolute atomic E-state index is 0.124. The number of benzene rings is 2. The molecule has 29 heavy (non-hydrogen) atoms. The zero-order valence-corrected chi connectivity index (χ0v) is 16.6. The quantitative estimate of drug-likeness (QED) is 0.586. The van der Waals surface area contributed by atoms with Gasteiger partial charge in [0.25, 0.3) is 0 Å². The van der Waals surface area contributed by atoms with Crippen LogP contribution in [0.15, 0.2) is 67.0 Å². The Bertz CT molecular complexity index is 941. The number of nitrogens with zero attached hydrogens (tertiary/aromatic N) is 1. The van der Waals surface area contributed by atoms with Crippen molar-refractivity contribution >= 4 is 5.91 Å². The van der Waals surface area contributed by atoms with Crippen molar-refractivity contribution in [2.75, 3.05) is 13.7 Å². The van der Waals surface area contributed by atoms with Crippen LogP contribution >= 0.6 is 0 Å². The highest BCUT2D eigenvalue weighted by Gasteiger charge is 2.18. The zero-order chi connectivity index (χ0) is 20.6. The molecule has 1 unspecified atom stereocenters. The molecule has 0 bridgehead atoms. The maximum absolute atomic E-state index is 13.7. The minimum Gasteiger partial charge on any atom is -0.493 e. The molecule has 0 fully saturated rings. The smallest absolute Gasteiger partial charge is 0.222 e. The molecule has 6 heteroatoms. The van der Waals surface area contributed by atoms with E-state index in [9.17, 15) is 9.18 Å². The van der Waals surface area contributed by atoms with Crippen LogP contribution in [-0.4, -0.2) is 24.2 Å². The largest absolute Gasteiger partial charge is 0.493 e. The molecule has 0 aliphatic heterocycles. The summed E-state index contributed by atoms with van der Waals surface area (Å²) in [5, 5.41) is 2.94. The third kappa shape index (κ3) is 5.38. The van der Waals surface area contributed by atoms with E-state index in [1.165, 1.54) is 12.1 Å². The van der Waals surface area contributed by atoms with Gasteiger partial charge in [-0.15, -0.1) is 0 Å². The SMILES string of the molecule is CCOc1ccc(CNC(=O)CC(c2cccc(F)c2)n2cccc2)cc1OC. The van der Waals surface area contributed by atoms with Crippen LogP contribution in [0.2, 0.25) is 0 Å². The molecule has 1 atom stereocenters. The molecule has 5 nitrogen and oxygen atoms in total. The number of carbonyl (C=O) groups excluding carboxylic acids is 1. The summed E-state index contributed by atoms with van der Waals surface area (Å²) in [6.07, 6.45) is 3.95. The summed E-state index contributed by atoms with van der Waals surface area (Å²) in [4.78, 5) is 12.6. The predicted molar refractivity (Wildman–Crippen MR) is 110 cm³/mol. The van der Waals surface area contributed by atoms with E-state index >= 15 is 0 Å². The molecule has 1 aromatic heterocycles. The number of methoxy groups -OCH3 is 1. The third-order valence-corrected chi connectivity index (χ3v) is 4.62. The van der Waals surface area contributed by atoms with Crippen LogP contribution in [0.5, 0.6) is 11.5 Å². The number of amides is 1. The number of hydrogen-bond acceptors (Lipinski definition) is 3. The lowest BCUT2D eigenvalue weighted by Gasteiger charge is -2.19. The van der Waals surface area contributed by atoms with Crippen LogP contribution in [-0.2, 0) is 11.3 Å². The second-order valence-electron chi connectivity index (χ2n) is 6.60. The molecule has 1 N–H and O–H groups in total. The van der Waals surface area contributed by atoms with Gasteiger partial charge < -0.3 is 19.4 Å². The van der Waals surface area contributed by atoms with Gasteiger partial charge in [0, 0.05) is 18.9 Å². The van der Waals surface area contributed by atoms with E-state index in [1.807, 2.05) is 60.3 Å². The lowest BCUT2D eigenvalue weighted by Crippen LogP contribution is -2.26. The van der Waals surface area contributed by atoms with Gasteiger partial charge in [-0.25, -0.2) is 4.39 Å². The maximum Gasteiger partial charge on any atom is 0.222 e. The van der Waals surface area contributed by atoms with E-state index in [4.69, 9.17) is 9.47 Å². The standard InChI is InChI=1S/C23H25FN2O3/c1-3-29-21-10-9-17(13-22(21)28-2)16-25-23(27)15-20(26-11-4-5-12-26)18-7-6-8-19(24)14-18/h4-14,20H,3,15-16H2,1-2H3,(H,25,27). The number of halogens is 1. The Balaban J connectivity index is 1.68. The average molecular weight is 396 g/mol. The first kappa shape index (κ1) is 20.5. The Morgan fingerprint density at radius 3 is 2.59 bits per heavy atom. The van der Waals surface area contributed by atoms with Crippen molar-refractivity contribution in [3.05, 3.63) is 83.9 Å². The molecule has 2 aromatic carbocycles. The monoisotopic (exact) mass is 396 g/mol. The molecule has 0 saturated heterocycles. The molecular formula is C23H25FN2O3. The first-order valence-electron chi connectivity index (χ1n) is 9.55. The van der Waals surface area contributed by atoms with Gasteiger partial charge in [0.2, 0.25) is 5.91 Å². The summed E-state index contributed by atoms with van der Waals surface area (Å²) < 4.78 is 26.5. The fourth-order valence-corrected chi connectivity index (χ4v) is 3.21. The van der Waals surface area contributed by atoms with Gasteiger partial charge in [0.15, 0.2) is 11.5 Å². The van der Waals surface area contributed by atoms with Gasteiger partial charge in [-0.2, -0.15) is 0 Å². The Labute approximate surface area is 170 Å². The zero-order valence-electron chi connectivity index (χ0n) is 16.6. The molecule has 1 heterocycles. The van der Waals surface area contributed by atoms with Crippen LogP contribution < -0.4 is 14.8 Å². The van der Waals surface area contributed by atoms with Crippen molar-refractivity contribution in [3.8, 4) is 11.5 Å². The van der Waals surface area contributed by atoms with Crippen molar-refractivity contribution in [2.45, 2.75) is 25.9 Å². The van der Waals surface area contributed by atoms with Gasteiger partial charge in [0.05, 0.1) is 26.2 Å². The Morgan fingerprint density at radius 1 is 1.10 bits per heavy atom. The first-order valence-corrected chi connectivity index (χ1v) is 9.55. The van der Waals surface area contributed by atoms with Gasteiger partial charge >= 0.3 is 0 Å². The molecule has 1 amide bonds. The average Bonchev–Trinajstić information content (AvgIpc) is 3.26. The van der Waals surface area contributed by atoms with Crippen molar-refractivity contribution in [3.63, 3.8) is 0 Å². The van der Waals surface area contributed by atoms with Crippen molar-refractivity contribution in [2.24, 2.45) is 0 Å². The number of aromatic nitrogens is 1. The van der Waals surface area contributed by atoms with E-state index in [2.05, 4.69) is 5.32 Å². The second kappa shape index (κ2) is 9.78. The molecule has 0 aliphatic carbocycles. The molecule has 0 radical (unpaired) electrons. The van der Waals surface area contributed by atoms with E-state index in [1.54, 1.807) is 13.2 Å². The van der Waals surface area contributed by atoms with Crippen molar-refractivity contribution in [1.82, 2.24) is 9.88 Å². The highest BCUT2D eigenvalue weighted by molar-refractivity contribution is 5.77. The lowest BCUT2D eigenvalue weighted by atomic mass is 10.0. The Hall–Kier alpha value is -3.28. The summed E-state index contributed by atoms with van der Waals surface area (Å²) in [5.41, 5.74) is 1.65. The summed E-state index contributed by atoms with van der Waals surface area (Å²) in [6, 6.07) is 15.4. The normalized spacial score (nSPS) is 11.7. The summed E-state index contributed by atoms with van der Waals surface area (Å²) in [6.45, 7) is 2.82. The molecule has 0 saturated carbocycles. The molecule has 0 spiro atoms. The molecular weight excluding hydrogens is 371 g/mol.